The zero-order valence-electron chi connectivity index (χ0n) is 9.54. The van der Waals surface area contributed by atoms with E-state index in [1.165, 1.54) is 0 Å². The van der Waals surface area contributed by atoms with E-state index in [2.05, 4.69) is 5.32 Å². The van der Waals surface area contributed by atoms with Crippen molar-refractivity contribution in [2.75, 3.05) is 19.8 Å². The van der Waals surface area contributed by atoms with E-state index >= 15 is 0 Å². The Morgan fingerprint density at radius 1 is 1.06 bits per heavy atom. The maximum absolute atomic E-state index is 9.13. The van der Waals surface area contributed by atoms with Crippen LogP contribution in [0.2, 0.25) is 10.0 Å². The SMILES string of the molecule is OCC(CO)(CO)NCc1ccc(Cl)cc1Cl.[Cl-]. The van der Waals surface area contributed by atoms with Crippen molar-refractivity contribution in [3.8, 4) is 0 Å². The number of aliphatic hydroxyl groups excluding tert-OH is 3. The molecule has 0 spiro atoms. The minimum Gasteiger partial charge on any atom is -1.00 e. The third-order valence-corrected chi connectivity index (χ3v) is 3.16. The number of nitrogens with one attached hydrogen (secondary N) is 1. The van der Waals surface area contributed by atoms with Crippen LogP contribution in [0.25, 0.3) is 0 Å². The molecule has 0 atom stereocenters. The fourth-order valence-corrected chi connectivity index (χ4v) is 1.74. The molecule has 1 rings (SSSR count). The molecule has 0 heterocycles. The Morgan fingerprint density at radius 2 is 1.61 bits per heavy atom. The highest BCUT2D eigenvalue weighted by molar-refractivity contribution is 6.35. The molecular weight excluding hydrogens is 300 g/mol. The van der Waals surface area contributed by atoms with Gasteiger partial charge in [0.2, 0.25) is 0 Å². The van der Waals surface area contributed by atoms with Gasteiger partial charge in [-0.1, -0.05) is 29.3 Å². The van der Waals surface area contributed by atoms with Crippen molar-refractivity contribution in [1.29, 1.82) is 0 Å². The smallest absolute Gasteiger partial charge is 0.0884 e. The highest BCUT2D eigenvalue weighted by atomic mass is 35.5. The number of hydrogen-bond donors (Lipinski definition) is 4. The largest absolute Gasteiger partial charge is 1.00 e. The lowest BCUT2D eigenvalue weighted by atomic mass is 10.0. The second kappa shape index (κ2) is 8.17. The fourth-order valence-electron chi connectivity index (χ4n) is 1.27. The summed E-state index contributed by atoms with van der Waals surface area (Å²) in [6.07, 6.45) is 0. The van der Waals surface area contributed by atoms with Gasteiger partial charge in [-0.3, -0.25) is 0 Å². The standard InChI is InChI=1S/C11H15Cl2NO3.ClH/c12-9-2-1-8(10(13)3-9)4-14-11(5-15,6-16)7-17;/h1-3,14-17H,4-7H2;1H/p-1. The van der Waals surface area contributed by atoms with Gasteiger partial charge in [0.15, 0.2) is 0 Å². The molecule has 0 bridgehead atoms. The third-order valence-electron chi connectivity index (χ3n) is 2.58. The van der Waals surface area contributed by atoms with Crippen LogP contribution in [0, 0.1) is 0 Å². The molecule has 0 saturated heterocycles. The van der Waals surface area contributed by atoms with Crippen LogP contribution in [0.15, 0.2) is 18.2 Å². The van der Waals surface area contributed by atoms with E-state index in [9.17, 15) is 0 Å². The van der Waals surface area contributed by atoms with Crippen LogP contribution < -0.4 is 17.7 Å². The summed E-state index contributed by atoms with van der Waals surface area (Å²) in [5.41, 5.74) is -0.334. The van der Waals surface area contributed by atoms with Crippen molar-refractivity contribution in [1.82, 2.24) is 5.32 Å². The minimum absolute atomic E-state index is 0. The Balaban J connectivity index is 0.00000289. The second-order valence-electron chi connectivity index (χ2n) is 3.84. The van der Waals surface area contributed by atoms with Crippen molar-refractivity contribution in [2.45, 2.75) is 12.1 Å². The summed E-state index contributed by atoms with van der Waals surface area (Å²) in [5.74, 6) is 0. The van der Waals surface area contributed by atoms with E-state index in [0.717, 1.165) is 5.56 Å². The average Bonchev–Trinajstić information content (AvgIpc) is 2.33. The van der Waals surface area contributed by atoms with Gasteiger partial charge in [0, 0.05) is 16.6 Å². The van der Waals surface area contributed by atoms with Crippen LogP contribution in [0.3, 0.4) is 0 Å². The molecule has 4 nitrogen and oxygen atoms in total. The van der Waals surface area contributed by atoms with Crippen molar-refractivity contribution in [3.05, 3.63) is 33.8 Å². The van der Waals surface area contributed by atoms with Gasteiger partial charge in [0.1, 0.15) is 0 Å². The van der Waals surface area contributed by atoms with Gasteiger partial charge in [0.05, 0.1) is 25.4 Å². The molecule has 7 heteroatoms. The quantitative estimate of drug-likeness (QED) is 0.481. The Bertz CT molecular complexity index is 364. The lowest BCUT2D eigenvalue weighted by Crippen LogP contribution is -3.00. The van der Waals surface area contributed by atoms with Gasteiger partial charge < -0.3 is 33.0 Å². The summed E-state index contributed by atoms with van der Waals surface area (Å²) in [5, 5.41) is 31.3. The lowest BCUT2D eigenvalue weighted by Gasteiger charge is -2.29. The van der Waals surface area contributed by atoms with Gasteiger partial charge in [-0.05, 0) is 17.7 Å². The molecule has 18 heavy (non-hydrogen) atoms. The first-order chi connectivity index (χ1) is 8.06. The van der Waals surface area contributed by atoms with Crippen molar-refractivity contribution in [2.24, 2.45) is 0 Å². The van der Waals surface area contributed by atoms with E-state index in [4.69, 9.17) is 38.5 Å². The van der Waals surface area contributed by atoms with Crippen molar-refractivity contribution < 1.29 is 27.7 Å². The van der Waals surface area contributed by atoms with Gasteiger partial charge >= 0.3 is 0 Å². The predicted molar refractivity (Wildman–Crippen MR) is 67.3 cm³/mol. The van der Waals surface area contributed by atoms with E-state index < -0.39 is 5.54 Å². The molecule has 1 aromatic carbocycles. The zero-order valence-corrected chi connectivity index (χ0v) is 11.8. The zero-order chi connectivity index (χ0) is 12.9. The fraction of sp³-hybridized carbons (Fsp3) is 0.455. The molecule has 0 unspecified atom stereocenters. The van der Waals surface area contributed by atoms with E-state index in [-0.39, 0.29) is 32.2 Å². The molecule has 104 valence electrons. The van der Waals surface area contributed by atoms with Crippen LogP contribution in [-0.4, -0.2) is 40.7 Å². The van der Waals surface area contributed by atoms with E-state index in [0.29, 0.717) is 16.6 Å². The molecule has 0 aliphatic carbocycles. The minimum atomic E-state index is -1.11. The predicted octanol–water partition coefficient (Wildman–Crippen LogP) is -2.20. The maximum Gasteiger partial charge on any atom is 0.0884 e. The average molecular weight is 316 g/mol. The molecule has 0 fully saturated rings. The third kappa shape index (κ3) is 4.55. The second-order valence-corrected chi connectivity index (χ2v) is 4.69. The van der Waals surface area contributed by atoms with E-state index in [1.807, 2.05) is 0 Å². The molecular formula is C11H15Cl3NO3-. The van der Waals surface area contributed by atoms with Crippen LogP contribution in [-0.2, 0) is 6.54 Å². The number of rotatable bonds is 6. The first-order valence-corrected chi connectivity index (χ1v) is 5.84. The normalized spacial score (nSPS) is 11.2. The lowest BCUT2D eigenvalue weighted by molar-refractivity contribution is -0.0000110. The van der Waals surface area contributed by atoms with Gasteiger partial charge in [-0.2, -0.15) is 0 Å². The molecule has 0 aliphatic rings. The topological polar surface area (TPSA) is 72.7 Å². The molecule has 1 aromatic rings. The van der Waals surface area contributed by atoms with Crippen molar-refractivity contribution >= 4 is 23.2 Å². The highest BCUT2D eigenvalue weighted by Crippen LogP contribution is 2.21. The highest BCUT2D eigenvalue weighted by Gasteiger charge is 2.27. The van der Waals surface area contributed by atoms with Crippen LogP contribution >= 0.6 is 23.2 Å². The number of halogens is 3. The molecule has 0 radical (unpaired) electrons. The van der Waals surface area contributed by atoms with Crippen LogP contribution in [0.5, 0.6) is 0 Å². The molecule has 0 amide bonds. The summed E-state index contributed by atoms with van der Waals surface area (Å²) in [7, 11) is 0. The first-order valence-electron chi connectivity index (χ1n) is 5.08. The van der Waals surface area contributed by atoms with Gasteiger partial charge in [-0.15, -0.1) is 0 Å². The molecule has 0 aromatic heterocycles. The molecule has 0 aliphatic heterocycles. The number of hydrogen-bond acceptors (Lipinski definition) is 4. The number of benzene rings is 1. The summed E-state index contributed by atoms with van der Waals surface area (Å²) in [6.45, 7) is -0.792. The summed E-state index contributed by atoms with van der Waals surface area (Å²) in [4.78, 5) is 0. The monoisotopic (exact) mass is 314 g/mol. The Kier molecular flexibility index (Phi) is 8.14. The molecule has 0 saturated carbocycles. The number of aliphatic hydroxyl groups is 3. The van der Waals surface area contributed by atoms with E-state index in [1.54, 1.807) is 18.2 Å². The Morgan fingerprint density at radius 3 is 2.06 bits per heavy atom. The van der Waals surface area contributed by atoms with Crippen LogP contribution in [0.1, 0.15) is 5.56 Å². The Hall–Kier alpha value is -0.0700. The Labute approximate surface area is 122 Å². The first kappa shape index (κ1) is 17.9. The molecule has 4 N–H and O–H groups in total. The van der Waals surface area contributed by atoms with Gasteiger partial charge in [-0.25, -0.2) is 0 Å². The summed E-state index contributed by atoms with van der Waals surface area (Å²) in [6, 6.07) is 5.05. The van der Waals surface area contributed by atoms with Gasteiger partial charge in [0.25, 0.3) is 0 Å². The summed E-state index contributed by atoms with van der Waals surface area (Å²) < 4.78 is 0. The maximum atomic E-state index is 9.13. The summed E-state index contributed by atoms with van der Waals surface area (Å²) >= 11 is 11.7. The van der Waals surface area contributed by atoms with Crippen LogP contribution in [0.4, 0.5) is 0 Å². The van der Waals surface area contributed by atoms with Crippen molar-refractivity contribution in [3.63, 3.8) is 0 Å².